The van der Waals surface area contributed by atoms with Gasteiger partial charge in [0.25, 0.3) is 0 Å². The van der Waals surface area contributed by atoms with Gasteiger partial charge >= 0.3 is 12.1 Å². The maximum absolute atomic E-state index is 11.4. The molecule has 116 valence electrons. The average molecular weight is 294 g/mol. The van der Waals surface area contributed by atoms with Crippen molar-refractivity contribution < 1.29 is 19.4 Å². The van der Waals surface area contributed by atoms with Gasteiger partial charge in [-0.2, -0.15) is 0 Å². The summed E-state index contributed by atoms with van der Waals surface area (Å²) in [4.78, 5) is 22.2. The summed E-state index contributed by atoms with van der Waals surface area (Å²) < 4.78 is 5.04. The Hall–Kier alpha value is -2.08. The molecule has 0 aliphatic heterocycles. The van der Waals surface area contributed by atoms with E-state index in [-0.39, 0.29) is 6.61 Å². The third kappa shape index (κ3) is 6.76. The van der Waals surface area contributed by atoms with Gasteiger partial charge in [0, 0.05) is 6.54 Å². The molecule has 0 heterocycles. The topological polar surface area (TPSA) is 102 Å². The number of hydrogen-bond donors (Lipinski definition) is 3. The van der Waals surface area contributed by atoms with Crippen LogP contribution in [0.2, 0.25) is 0 Å². The van der Waals surface area contributed by atoms with E-state index in [9.17, 15) is 9.59 Å². The van der Waals surface area contributed by atoms with Crippen LogP contribution >= 0.6 is 0 Å². The van der Waals surface area contributed by atoms with E-state index < -0.39 is 17.6 Å². The standard InChI is InChI=1S/C15H22N2O4/c1-15(16,13(18)19)9-5-6-10-17-14(20)21-11-12-7-3-2-4-8-12/h2-4,7-8H,5-6,9-11,16H2,1H3,(H,17,20)(H,18,19)/t15-/m1/s1. The number of benzene rings is 1. The molecule has 0 aromatic heterocycles. The summed E-state index contributed by atoms with van der Waals surface area (Å²) >= 11 is 0. The maximum atomic E-state index is 11.4. The molecular weight excluding hydrogens is 272 g/mol. The molecule has 4 N–H and O–H groups in total. The molecule has 0 fully saturated rings. The van der Waals surface area contributed by atoms with Crippen molar-refractivity contribution in [1.82, 2.24) is 5.32 Å². The molecule has 1 atom stereocenters. The Balaban J connectivity index is 2.10. The first kappa shape index (κ1) is 17.0. The summed E-state index contributed by atoms with van der Waals surface area (Å²) in [6.45, 7) is 2.15. The van der Waals surface area contributed by atoms with Crippen molar-refractivity contribution in [3.63, 3.8) is 0 Å². The van der Waals surface area contributed by atoms with E-state index >= 15 is 0 Å². The number of nitrogens with one attached hydrogen (secondary N) is 1. The fourth-order valence-corrected chi connectivity index (χ4v) is 1.69. The van der Waals surface area contributed by atoms with E-state index in [0.717, 1.165) is 5.56 Å². The minimum absolute atomic E-state index is 0.229. The molecule has 0 unspecified atom stereocenters. The molecule has 6 nitrogen and oxygen atoms in total. The molecule has 6 heteroatoms. The highest BCUT2D eigenvalue weighted by Crippen LogP contribution is 2.10. The predicted octanol–water partition coefficient (Wildman–Crippen LogP) is 1.89. The minimum Gasteiger partial charge on any atom is -0.480 e. The first-order chi connectivity index (χ1) is 9.92. The number of carbonyl (C=O) groups is 2. The third-order valence-electron chi connectivity index (χ3n) is 3.09. The van der Waals surface area contributed by atoms with E-state index in [4.69, 9.17) is 15.6 Å². The van der Waals surface area contributed by atoms with Crippen LogP contribution < -0.4 is 11.1 Å². The predicted molar refractivity (Wildman–Crippen MR) is 78.7 cm³/mol. The number of carbonyl (C=O) groups excluding carboxylic acids is 1. The van der Waals surface area contributed by atoms with Gasteiger partial charge in [-0.3, -0.25) is 4.79 Å². The number of nitrogens with two attached hydrogens (primary N) is 1. The van der Waals surface area contributed by atoms with Crippen molar-refractivity contribution in [2.75, 3.05) is 6.54 Å². The number of carboxylic acid groups (broad SMARTS) is 1. The highest BCUT2D eigenvalue weighted by atomic mass is 16.5. The number of unbranched alkanes of at least 4 members (excludes halogenated alkanes) is 1. The lowest BCUT2D eigenvalue weighted by Crippen LogP contribution is -2.44. The molecule has 1 amide bonds. The molecule has 21 heavy (non-hydrogen) atoms. The lowest BCUT2D eigenvalue weighted by atomic mass is 9.96. The zero-order chi connectivity index (χ0) is 15.7. The second-order valence-corrected chi connectivity index (χ2v) is 5.17. The van der Waals surface area contributed by atoms with Gasteiger partial charge in [-0.05, 0) is 31.7 Å². The van der Waals surface area contributed by atoms with Crippen LogP contribution in [0.25, 0.3) is 0 Å². The number of alkyl carbamates (subject to hydrolysis) is 1. The van der Waals surface area contributed by atoms with Crippen LogP contribution in [0.4, 0.5) is 4.79 Å². The molecule has 0 saturated carbocycles. The number of aliphatic carboxylic acids is 1. The van der Waals surface area contributed by atoms with E-state index in [0.29, 0.717) is 25.8 Å². The summed E-state index contributed by atoms with van der Waals surface area (Å²) in [5.74, 6) is -1.02. The fraction of sp³-hybridized carbons (Fsp3) is 0.467. The van der Waals surface area contributed by atoms with Crippen LogP contribution in [-0.2, 0) is 16.1 Å². The summed E-state index contributed by atoms with van der Waals surface area (Å²) in [6, 6.07) is 9.40. The van der Waals surface area contributed by atoms with Crippen molar-refractivity contribution in [3.05, 3.63) is 35.9 Å². The van der Waals surface area contributed by atoms with E-state index in [2.05, 4.69) is 5.32 Å². The minimum atomic E-state index is -1.21. The van der Waals surface area contributed by atoms with Gasteiger partial charge in [0.2, 0.25) is 0 Å². The Morgan fingerprint density at radius 1 is 1.29 bits per heavy atom. The van der Waals surface area contributed by atoms with E-state index in [1.165, 1.54) is 6.92 Å². The number of ether oxygens (including phenoxy) is 1. The molecule has 0 aliphatic carbocycles. The quantitative estimate of drug-likeness (QED) is 0.635. The summed E-state index contributed by atoms with van der Waals surface area (Å²) in [5, 5.41) is 11.5. The Morgan fingerprint density at radius 3 is 2.57 bits per heavy atom. The molecule has 0 bridgehead atoms. The Morgan fingerprint density at radius 2 is 1.95 bits per heavy atom. The van der Waals surface area contributed by atoms with Gasteiger partial charge in [0.05, 0.1) is 0 Å². The molecule has 1 aromatic carbocycles. The van der Waals surface area contributed by atoms with Crippen molar-refractivity contribution in [1.29, 1.82) is 0 Å². The first-order valence-corrected chi connectivity index (χ1v) is 6.88. The van der Waals surface area contributed by atoms with Crippen LogP contribution in [0.1, 0.15) is 31.7 Å². The van der Waals surface area contributed by atoms with Gasteiger partial charge in [-0.15, -0.1) is 0 Å². The number of hydrogen-bond acceptors (Lipinski definition) is 4. The van der Waals surface area contributed by atoms with Crippen molar-refractivity contribution in [3.8, 4) is 0 Å². The van der Waals surface area contributed by atoms with Crippen LogP contribution in [0.5, 0.6) is 0 Å². The molecule has 1 rings (SSSR count). The van der Waals surface area contributed by atoms with Crippen LogP contribution in [0, 0.1) is 0 Å². The Labute approximate surface area is 124 Å². The van der Waals surface area contributed by atoms with Crippen LogP contribution in [-0.4, -0.2) is 29.3 Å². The van der Waals surface area contributed by atoms with Crippen molar-refractivity contribution in [2.45, 2.75) is 38.3 Å². The van der Waals surface area contributed by atoms with Crippen LogP contribution in [0.3, 0.4) is 0 Å². The van der Waals surface area contributed by atoms with Gasteiger partial charge in [-0.25, -0.2) is 4.79 Å². The number of amides is 1. The third-order valence-corrected chi connectivity index (χ3v) is 3.09. The zero-order valence-electron chi connectivity index (χ0n) is 12.2. The second kappa shape index (κ2) is 8.26. The number of carboxylic acids is 1. The monoisotopic (exact) mass is 294 g/mol. The SMILES string of the molecule is C[C@@](N)(CCCCNC(=O)OCc1ccccc1)C(=O)O. The lowest BCUT2D eigenvalue weighted by Gasteiger charge is -2.18. The number of rotatable bonds is 8. The summed E-state index contributed by atoms with van der Waals surface area (Å²) in [5.41, 5.74) is 5.31. The normalized spacial score (nSPS) is 13.2. The molecule has 0 spiro atoms. The molecule has 1 aromatic rings. The first-order valence-electron chi connectivity index (χ1n) is 6.88. The molecule has 0 aliphatic rings. The van der Waals surface area contributed by atoms with E-state index in [1.807, 2.05) is 30.3 Å². The van der Waals surface area contributed by atoms with Gasteiger partial charge in [0.15, 0.2) is 0 Å². The zero-order valence-corrected chi connectivity index (χ0v) is 12.2. The Kier molecular flexibility index (Phi) is 6.68. The van der Waals surface area contributed by atoms with Crippen molar-refractivity contribution >= 4 is 12.1 Å². The van der Waals surface area contributed by atoms with Crippen molar-refractivity contribution in [2.24, 2.45) is 5.73 Å². The van der Waals surface area contributed by atoms with Gasteiger partial charge in [0.1, 0.15) is 12.1 Å². The summed E-state index contributed by atoms with van der Waals surface area (Å²) in [7, 11) is 0. The van der Waals surface area contributed by atoms with E-state index in [1.54, 1.807) is 0 Å². The molecule has 0 radical (unpaired) electrons. The second-order valence-electron chi connectivity index (χ2n) is 5.17. The highest BCUT2D eigenvalue weighted by molar-refractivity contribution is 5.77. The highest BCUT2D eigenvalue weighted by Gasteiger charge is 2.26. The summed E-state index contributed by atoms with van der Waals surface area (Å²) in [6.07, 6.45) is 1.16. The molecular formula is C15H22N2O4. The van der Waals surface area contributed by atoms with Crippen LogP contribution in [0.15, 0.2) is 30.3 Å². The fourth-order valence-electron chi connectivity index (χ4n) is 1.69. The smallest absolute Gasteiger partial charge is 0.407 e. The van der Waals surface area contributed by atoms with Gasteiger partial charge in [-0.1, -0.05) is 30.3 Å². The largest absolute Gasteiger partial charge is 0.480 e. The molecule has 0 saturated heterocycles. The average Bonchev–Trinajstić information content (AvgIpc) is 2.45. The lowest BCUT2D eigenvalue weighted by molar-refractivity contribution is -0.142. The van der Waals surface area contributed by atoms with Gasteiger partial charge < -0.3 is 20.9 Å². The Bertz CT molecular complexity index is 460. The maximum Gasteiger partial charge on any atom is 0.407 e.